The van der Waals surface area contributed by atoms with Gasteiger partial charge in [0.1, 0.15) is 0 Å². The first-order valence-corrected chi connectivity index (χ1v) is 9.72. The van der Waals surface area contributed by atoms with Gasteiger partial charge in [0.25, 0.3) is 5.91 Å². The minimum atomic E-state index is -0.130. The van der Waals surface area contributed by atoms with Crippen molar-refractivity contribution in [1.82, 2.24) is 20.4 Å². The Morgan fingerprint density at radius 2 is 2.35 bits per heavy atom. The summed E-state index contributed by atoms with van der Waals surface area (Å²) in [6.45, 7) is 3.77. The fourth-order valence-corrected chi connectivity index (χ4v) is 4.44. The van der Waals surface area contributed by atoms with Gasteiger partial charge >= 0.3 is 0 Å². The van der Waals surface area contributed by atoms with E-state index in [0.717, 1.165) is 31.7 Å². The van der Waals surface area contributed by atoms with Gasteiger partial charge in [0, 0.05) is 30.7 Å². The van der Waals surface area contributed by atoms with E-state index >= 15 is 0 Å². The SMILES string of the molecule is O=C(NCC1CCCN(Cc2ccc(-c3ccn[nH]3)s2)C1)c1ccco1. The molecule has 3 aromatic rings. The summed E-state index contributed by atoms with van der Waals surface area (Å²) in [5.74, 6) is 0.729. The average Bonchev–Trinajstić information content (AvgIpc) is 3.41. The highest BCUT2D eigenvalue weighted by molar-refractivity contribution is 7.15. The number of H-pyrrole nitrogens is 1. The van der Waals surface area contributed by atoms with E-state index in [2.05, 4.69) is 32.5 Å². The van der Waals surface area contributed by atoms with Crippen molar-refractivity contribution in [3.63, 3.8) is 0 Å². The van der Waals surface area contributed by atoms with Crippen LogP contribution in [0.15, 0.2) is 47.2 Å². The van der Waals surface area contributed by atoms with E-state index in [1.54, 1.807) is 29.7 Å². The summed E-state index contributed by atoms with van der Waals surface area (Å²) in [7, 11) is 0. The molecular formula is C19H22N4O2S. The smallest absolute Gasteiger partial charge is 0.286 e. The summed E-state index contributed by atoms with van der Waals surface area (Å²) in [6, 6.07) is 9.77. The number of hydrogen-bond donors (Lipinski definition) is 2. The third-order valence-electron chi connectivity index (χ3n) is 4.71. The summed E-state index contributed by atoms with van der Waals surface area (Å²) in [5.41, 5.74) is 1.07. The van der Waals surface area contributed by atoms with Crippen LogP contribution >= 0.6 is 11.3 Å². The molecule has 1 amide bonds. The lowest BCUT2D eigenvalue weighted by atomic mass is 9.98. The van der Waals surface area contributed by atoms with Gasteiger partial charge < -0.3 is 9.73 Å². The fourth-order valence-electron chi connectivity index (χ4n) is 3.41. The van der Waals surface area contributed by atoms with Gasteiger partial charge in [0.2, 0.25) is 0 Å². The second-order valence-electron chi connectivity index (χ2n) is 6.67. The molecule has 1 aliphatic rings. The minimum Gasteiger partial charge on any atom is -0.459 e. The quantitative estimate of drug-likeness (QED) is 0.698. The van der Waals surface area contributed by atoms with E-state index < -0.39 is 0 Å². The molecule has 6 nitrogen and oxygen atoms in total. The molecule has 1 aliphatic heterocycles. The first-order valence-electron chi connectivity index (χ1n) is 8.90. The van der Waals surface area contributed by atoms with Gasteiger partial charge in [-0.3, -0.25) is 14.8 Å². The van der Waals surface area contributed by atoms with E-state index in [1.807, 2.05) is 6.07 Å². The van der Waals surface area contributed by atoms with Crippen LogP contribution in [0, 0.1) is 5.92 Å². The van der Waals surface area contributed by atoms with Gasteiger partial charge in [-0.1, -0.05) is 0 Å². The number of nitrogens with one attached hydrogen (secondary N) is 2. The molecule has 136 valence electrons. The van der Waals surface area contributed by atoms with E-state index in [0.29, 0.717) is 18.2 Å². The van der Waals surface area contributed by atoms with Crippen molar-refractivity contribution < 1.29 is 9.21 Å². The Balaban J connectivity index is 1.29. The third kappa shape index (κ3) is 4.05. The van der Waals surface area contributed by atoms with Crippen LogP contribution in [-0.2, 0) is 6.54 Å². The Kier molecular flexibility index (Phi) is 5.17. The number of nitrogens with zero attached hydrogens (tertiary/aromatic N) is 2. The number of hydrogen-bond acceptors (Lipinski definition) is 5. The number of amides is 1. The molecule has 0 saturated carbocycles. The van der Waals surface area contributed by atoms with Crippen LogP contribution in [0.4, 0.5) is 0 Å². The standard InChI is InChI=1S/C19H22N4O2S/c24-19(17-4-2-10-25-17)20-11-14-3-1-9-23(12-14)13-15-5-6-18(26-15)16-7-8-21-22-16/h2,4-8,10,14H,1,3,9,11-13H2,(H,20,24)(H,21,22). The maximum atomic E-state index is 12.0. The van der Waals surface area contributed by atoms with Crippen molar-refractivity contribution in [2.45, 2.75) is 19.4 Å². The van der Waals surface area contributed by atoms with Crippen molar-refractivity contribution in [2.75, 3.05) is 19.6 Å². The lowest BCUT2D eigenvalue weighted by molar-refractivity contribution is 0.0903. The molecule has 0 aromatic carbocycles. The van der Waals surface area contributed by atoms with Gasteiger partial charge in [-0.15, -0.1) is 11.3 Å². The lowest BCUT2D eigenvalue weighted by Gasteiger charge is -2.32. The van der Waals surface area contributed by atoms with E-state index in [-0.39, 0.29) is 5.91 Å². The van der Waals surface area contributed by atoms with E-state index in [9.17, 15) is 4.79 Å². The van der Waals surface area contributed by atoms with Gasteiger partial charge in [-0.05, 0) is 55.6 Å². The van der Waals surface area contributed by atoms with Crippen LogP contribution in [0.25, 0.3) is 10.6 Å². The molecule has 4 rings (SSSR count). The molecule has 1 saturated heterocycles. The van der Waals surface area contributed by atoms with E-state index in [1.165, 1.54) is 22.4 Å². The molecular weight excluding hydrogens is 348 g/mol. The molecule has 2 N–H and O–H groups in total. The second-order valence-corrected chi connectivity index (χ2v) is 7.84. The largest absolute Gasteiger partial charge is 0.459 e. The summed E-state index contributed by atoms with van der Waals surface area (Å²) >= 11 is 1.81. The Morgan fingerprint density at radius 1 is 1.38 bits per heavy atom. The summed E-state index contributed by atoms with van der Waals surface area (Å²) in [6.07, 6.45) is 5.62. The van der Waals surface area contributed by atoms with Gasteiger partial charge in [0.15, 0.2) is 5.76 Å². The van der Waals surface area contributed by atoms with Crippen LogP contribution in [0.1, 0.15) is 28.3 Å². The number of furan rings is 1. The van der Waals surface area contributed by atoms with Crippen molar-refractivity contribution in [3.8, 4) is 10.6 Å². The number of likely N-dealkylation sites (tertiary alicyclic amines) is 1. The van der Waals surface area contributed by atoms with Gasteiger partial charge in [-0.25, -0.2) is 0 Å². The highest BCUT2D eigenvalue weighted by Crippen LogP contribution is 2.28. The molecule has 1 atom stereocenters. The Hall–Kier alpha value is -2.38. The molecule has 3 aromatic heterocycles. The maximum Gasteiger partial charge on any atom is 0.286 e. The number of carbonyl (C=O) groups excluding carboxylic acids is 1. The zero-order chi connectivity index (χ0) is 17.8. The number of thiophene rings is 1. The Labute approximate surface area is 156 Å². The lowest BCUT2D eigenvalue weighted by Crippen LogP contribution is -2.40. The summed E-state index contributed by atoms with van der Waals surface area (Å²) in [4.78, 5) is 17.1. The van der Waals surface area contributed by atoms with Crippen molar-refractivity contribution in [3.05, 3.63) is 53.4 Å². The van der Waals surface area contributed by atoms with Crippen LogP contribution in [0.5, 0.6) is 0 Å². The second kappa shape index (κ2) is 7.88. The third-order valence-corrected chi connectivity index (χ3v) is 5.81. The predicted molar refractivity (Wildman–Crippen MR) is 101 cm³/mol. The van der Waals surface area contributed by atoms with Crippen molar-refractivity contribution in [2.24, 2.45) is 5.92 Å². The monoisotopic (exact) mass is 370 g/mol. The zero-order valence-corrected chi connectivity index (χ0v) is 15.3. The zero-order valence-electron chi connectivity index (χ0n) is 14.5. The number of piperidine rings is 1. The number of carbonyl (C=O) groups is 1. The molecule has 0 radical (unpaired) electrons. The molecule has 26 heavy (non-hydrogen) atoms. The predicted octanol–water partition coefficient (Wildman–Crippen LogP) is 3.37. The molecule has 0 bridgehead atoms. The summed E-state index contributed by atoms with van der Waals surface area (Å²) in [5, 5.41) is 10.0. The number of rotatable bonds is 6. The number of aromatic nitrogens is 2. The maximum absolute atomic E-state index is 12.0. The average molecular weight is 370 g/mol. The van der Waals surface area contributed by atoms with Crippen LogP contribution in [-0.4, -0.2) is 40.6 Å². The van der Waals surface area contributed by atoms with Gasteiger partial charge in [0.05, 0.1) is 16.8 Å². The number of aromatic amines is 1. The molecule has 4 heterocycles. The van der Waals surface area contributed by atoms with Crippen LogP contribution in [0.3, 0.4) is 0 Å². The minimum absolute atomic E-state index is 0.130. The van der Waals surface area contributed by atoms with Gasteiger partial charge in [-0.2, -0.15) is 5.10 Å². The van der Waals surface area contributed by atoms with Crippen LogP contribution in [0.2, 0.25) is 0 Å². The van der Waals surface area contributed by atoms with Crippen molar-refractivity contribution in [1.29, 1.82) is 0 Å². The topological polar surface area (TPSA) is 74.2 Å². The molecule has 7 heteroatoms. The molecule has 0 aliphatic carbocycles. The van der Waals surface area contributed by atoms with E-state index in [4.69, 9.17) is 4.42 Å². The first-order chi connectivity index (χ1) is 12.8. The molecule has 0 spiro atoms. The Bertz CT molecular complexity index is 826. The Morgan fingerprint density at radius 3 is 3.15 bits per heavy atom. The fraction of sp³-hybridized carbons (Fsp3) is 0.368. The highest BCUT2D eigenvalue weighted by Gasteiger charge is 2.21. The molecule has 1 fully saturated rings. The van der Waals surface area contributed by atoms with Crippen molar-refractivity contribution >= 4 is 17.2 Å². The first kappa shape index (κ1) is 17.1. The molecule has 1 unspecified atom stereocenters. The highest BCUT2D eigenvalue weighted by atomic mass is 32.1. The van der Waals surface area contributed by atoms with Crippen LogP contribution < -0.4 is 5.32 Å². The summed E-state index contributed by atoms with van der Waals surface area (Å²) < 4.78 is 5.14. The normalized spacial score (nSPS) is 18.1.